The van der Waals surface area contributed by atoms with Crippen LogP contribution in [-0.4, -0.2) is 46.6 Å². The molecular formula is C21H22F3N5O3S. The van der Waals surface area contributed by atoms with Crippen LogP contribution in [0.15, 0.2) is 23.7 Å². The zero-order chi connectivity index (χ0) is 23.7. The van der Waals surface area contributed by atoms with Crippen LogP contribution < -0.4 is 15.8 Å². The summed E-state index contributed by atoms with van der Waals surface area (Å²) in [7, 11) is 2.95. The fraction of sp³-hybridized carbons (Fsp3) is 0.381. The number of benzene rings is 1. The van der Waals surface area contributed by atoms with Crippen molar-refractivity contribution in [3.8, 4) is 16.3 Å². The lowest BCUT2D eigenvalue weighted by molar-refractivity contribution is 0.0247. The Labute approximate surface area is 191 Å². The number of nitrogens with one attached hydrogen (secondary N) is 1. The van der Waals surface area contributed by atoms with Crippen molar-refractivity contribution in [3.05, 3.63) is 46.7 Å². The minimum Gasteiger partial charge on any atom is -0.494 e. The average molecular weight is 482 g/mol. The first-order valence-electron chi connectivity index (χ1n) is 10.1. The molecule has 12 heteroatoms. The smallest absolute Gasteiger partial charge is 0.275 e. The predicted molar refractivity (Wildman–Crippen MR) is 116 cm³/mol. The molecule has 3 unspecified atom stereocenters. The molecule has 4 rings (SSSR count). The first kappa shape index (κ1) is 23.2. The maximum absolute atomic E-state index is 14.6. The van der Waals surface area contributed by atoms with Gasteiger partial charge in [0.25, 0.3) is 5.91 Å². The van der Waals surface area contributed by atoms with Crippen molar-refractivity contribution in [1.82, 2.24) is 14.8 Å². The molecule has 1 aliphatic rings. The van der Waals surface area contributed by atoms with E-state index in [2.05, 4.69) is 15.4 Å². The Morgan fingerprint density at radius 1 is 1.36 bits per heavy atom. The molecular weight excluding hydrogens is 459 g/mol. The molecule has 3 heterocycles. The Morgan fingerprint density at radius 3 is 2.91 bits per heavy atom. The summed E-state index contributed by atoms with van der Waals surface area (Å²) in [5.74, 6) is -2.45. The van der Waals surface area contributed by atoms with Crippen LogP contribution in [0.5, 0.6) is 5.75 Å². The summed E-state index contributed by atoms with van der Waals surface area (Å²) >= 11 is 0.921. The second kappa shape index (κ2) is 9.49. The molecule has 176 valence electrons. The summed E-state index contributed by atoms with van der Waals surface area (Å²) in [6.07, 6.45) is 0.539. The highest BCUT2D eigenvalue weighted by Gasteiger charge is 2.30. The Hall–Kier alpha value is -2.96. The molecule has 3 atom stereocenters. The van der Waals surface area contributed by atoms with Gasteiger partial charge in [0.1, 0.15) is 28.8 Å². The van der Waals surface area contributed by atoms with Crippen molar-refractivity contribution >= 4 is 22.9 Å². The van der Waals surface area contributed by atoms with E-state index in [1.54, 1.807) is 7.05 Å². The Kier molecular flexibility index (Phi) is 6.68. The van der Waals surface area contributed by atoms with Crippen molar-refractivity contribution in [2.45, 2.75) is 31.2 Å². The summed E-state index contributed by atoms with van der Waals surface area (Å²) in [4.78, 5) is 16.9. The molecule has 0 aliphatic carbocycles. The van der Waals surface area contributed by atoms with Gasteiger partial charge in [0.15, 0.2) is 11.6 Å². The number of nitrogens with two attached hydrogens (primary N) is 1. The fourth-order valence-electron chi connectivity index (χ4n) is 3.65. The van der Waals surface area contributed by atoms with Gasteiger partial charge >= 0.3 is 0 Å². The number of methoxy groups -OCH3 is 1. The zero-order valence-electron chi connectivity index (χ0n) is 17.8. The van der Waals surface area contributed by atoms with E-state index < -0.39 is 35.9 Å². The van der Waals surface area contributed by atoms with E-state index in [9.17, 15) is 18.0 Å². The highest BCUT2D eigenvalue weighted by atomic mass is 32.1. The van der Waals surface area contributed by atoms with Crippen LogP contribution in [0, 0.1) is 11.6 Å². The third kappa shape index (κ3) is 4.59. The lowest BCUT2D eigenvalue weighted by Crippen LogP contribution is -2.32. The van der Waals surface area contributed by atoms with E-state index in [0.29, 0.717) is 24.2 Å². The number of alkyl halides is 1. The SMILES string of the molecule is COc1ccc(F)c(-c2nc(C(=O)Nc3cnn(C)c3C3CCC(N)C(F)CO3)cs2)c1F. The predicted octanol–water partition coefficient (Wildman–Crippen LogP) is 3.60. The van der Waals surface area contributed by atoms with Crippen molar-refractivity contribution < 1.29 is 27.4 Å². The molecule has 1 aromatic carbocycles. The van der Waals surface area contributed by atoms with E-state index in [1.807, 2.05) is 0 Å². The summed E-state index contributed by atoms with van der Waals surface area (Å²) < 4.78 is 54.9. The van der Waals surface area contributed by atoms with Gasteiger partial charge in [-0.1, -0.05) is 0 Å². The molecule has 1 aliphatic heterocycles. The number of halogens is 3. The number of aromatic nitrogens is 3. The Bertz CT molecular complexity index is 1160. The monoisotopic (exact) mass is 481 g/mol. The normalized spacial score (nSPS) is 21.0. The maximum Gasteiger partial charge on any atom is 0.275 e. The molecule has 3 N–H and O–H groups in total. The minimum absolute atomic E-state index is 0.00413. The van der Waals surface area contributed by atoms with Crippen molar-refractivity contribution in [2.24, 2.45) is 12.8 Å². The van der Waals surface area contributed by atoms with Gasteiger partial charge in [0.2, 0.25) is 0 Å². The van der Waals surface area contributed by atoms with Crippen molar-refractivity contribution in [2.75, 3.05) is 19.0 Å². The number of rotatable bonds is 5. The molecule has 0 bridgehead atoms. The number of carbonyl (C=O) groups excluding carboxylic acids is 1. The maximum atomic E-state index is 14.6. The summed E-state index contributed by atoms with van der Waals surface area (Å²) in [5.41, 5.74) is 6.33. The first-order chi connectivity index (χ1) is 15.8. The topological polar surface area (TPSA) is 104 Å². The van der Waals surface area contributed by atoms with E-state index in [0.717, 1.165) is 17.4 Å². The van der Waals surface area contributed by atoms with Gasteiger partial charge in [0, 0.05) is 18.5 Å². The Morgan fingerprint density at radius 2 is 2.15 bits per heavy atom. The van der Waals surface area contributed by atoms with Crippen LogP contribution >= 0.6 is 11.3 Å². The van der Waals surface area contributed by atoms with Gasteiger partial charge in [-0.25, -0.2) is 18.2 Å². The molecule has 0 saturated carbocycles. The molecule has 0 radical (unpaired) electrons. The average Bonchev–Trinajstić information content (AvgIpc) is 3.37. The highest BCUT2D eigenvalue weighted by Crippen LogP contribution is 2.35. The van der Waals surface area contributed by atoms with Gasteiger partial charge in [-0.05, 0) is 25.0 Å². The first-order valence-corrected chi connectivity index (χ1v) is 11.0. The van der Waals surface area contributed by atoms with E-state index >= 15 is 0 Å². The lowest BCUT2D eigenvalue weighted by atomic mass is 10.0. The van der Waals surface area contributed by atoms with Gasteiger partial charge < -0.3 is 20.5 Å². The second-order valence-corrected chi connectivity index (χ2v) is 8.44. The van der Waals surface area contributed by atoms with Crippen molar-refractivity contribution in [3.63, 3.8) is 0 Å². The number of hydrogen-bond acceptors (Lipinski definition) is 7. The van der Waals surface area contributed by atoms with Crippen LogP contribution in [0.4, 0.5) is 18.9 Å². The van der Waals surface area contributed by atoms with Crippen LogP contribution in [0.2, 0.25) is 0 Å². The zero-order valence-corrected chi connectivity index (χ0v) is 18.7. The van der Waals surface area contributed by atoms with Crippen molar-refractivity contribution in [1.29, 1.82) is 0 Å². The number of amides is 1. The standard InChI is InChI=1S/C21H22F3N5O3S/c1-29-19(16-6-4-12(25)11(23)8-32-16)13(7-26-29)27-20(30)14-9-33-21(28-14)17-10(22)3-5-15(31-2)18(17)24/h3,5,7,9,11-12,16H,4,6,8,25H2,1-2H3,(H,27,30). The molecule has 1 amide bonds. The fourth-order valence-corrected chi connectivity index (χ4v) is 4.49. The summed E-state index contributed by atoms with van der Waals surface area (Å²) in [6.45, 7) is -0.155. The van der Waals surface area contributed by atoms with Crippen LogP contribution in [0.1, 0.15) is 35.1 Å². The minimum atomic E-state index is -1.27. The van der Waals surface area contributed by atoms with Gasteiger partial charge in [-0.2, -0.15) is 5.10 Å². The van der Waals surface area contributed by atoms with Gasteiger partial charge in [0.05, 0.1) is 36.9 Å². The second-order valence-electron chi connectivity index (χ2n) is 7.58. The number of hydrogen-bond donors (Lipinski definition) is 2. The summed E-state index contributed by atoms with van der Waals surface area (Å²) in [5, 5.41) is 8.27. The molecule has 2 aromatic heterocycles. The number of nitrogens with zero attached hydrogens (tertiary/aromatic N) is 3. The largest absolute Gasteiger partial charge is 0.494 e. The molecule has 33 heavy (non-hydrogen) atoms. The Balaban J connectivity index is 1.56. The van der Waals surface area contributed by atoms with E-state index in [4.69, 9.17) is 15.2 Å². The highest BCUT2D eigenvalue weighted by molar-refractivity contribution is 7.13. The summed E-state index contributed by atoms with van der Waals surface area (Å²) in [6, 6.07) is 1.63. The number of thiazole rings is 1. The van der Waals surface area contributed by atoms with Crippen LogP contribution in [0.25, 0.3) is 10.6 Å². The number of anilines is 1. The molecule has 1 fully saturated rings. The van der Waals surface area contributed by atoms with Gasteiger partial charge in [-0.3, -0.25) is 9.48 Å². The van der Waals surface area contributed by atoms with E-state index in [1.165, 1.54) is 29.4 Å². The third-order valence-corrected chi connectivity index (χ3v) is 6.31. The van der Waals surface area contributed by atoms with Crippen LogP contribution in [0.3, 0.4) is 0 Å². The molecule has 1 saturated heterocycles. The quantitative estimate of drug-likeness (QED) is 0.577. The number of aryl methyl sites for hydroxylation is 1. The molecule has 8 nitrogen and oxygen atoms in total. The number of carbonyl (C=O) groups is 1. The third-order valence-electron chi connectivity index (χ3n) is 5.45. The van der Waals surface area contributed by atoms with Gasteiger partial charge in [-0.15, -0.1) is 11.3 Å². The molecule has 0 spiro atoms. The lowest BCUT2D eigenvalue weighted by Gasteiger charge is -2.17. The van der Waals surface area contributed by atoms with Crippen LogP contribution in [-0.2, 0) is 11.8 Å². The number of ether oxygens (including phenoxy) is 2. The molecule has 3 aromatic rings. The van der Waals surface area contributed by atoms with E-state index in [-0.39, 0.29) is 28.6 Å².